The van der Waals surface area contributed by atoms with Gasteiger partial charge in [-0.2, -0.15) is 0 Å². The van der Waals surface area contributed by atoms with Crippen LogP contribution in [-0.2, 0) is 0 Å². The Morgan fingerprint density at radius 2 is 1.95 bits per heavy atom. The van der Waals surface area contributed by atoms with Crippen molar-refractivity contribution in [3.8, 4) is 0 Å². The van der Waals surface area contributed by atoms with Gasteiger partial charge in [0.1, 0.15) is 0 Å². The average Bonchev–Trinajstić information content (AvgIpc) is 3.23. The summed E-state index contributed by atoms with van der Waals surface area (Å²) >= 11 is 0. The minimum atomic E-state index is 0.615. The largest absolute Gasteiger partial charge is 0.367 e. The van der Waals surface area contributed by atoms with Gasteiger partial charge in [0.25, 0.3) is 0 Å². The fourth-order valence-electron chi connectivity index (χ4n) is 4.13. The lowest BCUT2D eigenvalue weighted by molar-refractivity contribution is 0.140. The summed E-state index contributed by atoms with van der Waals surface area (Å²) in [6.07, 6.45) is 13.7. The molecular weight excluding hydrogens is 244 g/mol. The quantitative estimate of drug-likeness (QED) is 0.727. The monoisotopic (exact) mass is 270 g/mol. The minimum absolute atomic E-state index is 0.615. The predicted octanol–water partition coefficient (Wildman–Crippen LogP) is 3.19. The van der Waals surface area contributed by atoms with Crippen LogP contribution in [0.5, 0.6) is 0 Å². The van der Waals surface area contributed by atoms with Gasteiger partial charge in [0.2, 0.25) is 0 Å². The molecule has 1 saturated carbocycles. The molecule has 20 heavy (non-hydrogen) atoms. The summed E-state index contributed by atoms with van der Waals surface area (Å²) in [5.74, 6) is 1.65. The van der Waals surface area contributed by atoms with Crippen molar-refractivity contribution in [3.63, 3.8) is 0 Å². The van der Waals surface area contributed by atoms with Gasteiger partial charge >= 0.3 is 0 Å². The number of piperidine rings is 1. The lowest BCUT2D eigenvalue weighted by atomic mass is 9.93. The van der Waals surface area contributed by atoms with Gasteiger partial charge in [0, 0.05) is 43.8 Å². The molecular formula is C18H26N2. The molecule has 4 aliphatic rings. The Morgan fingerprint density at radius 1 is 1.15 bits per heavy atom. The zero-order valence-electron chi connectivity index (χ0n) is 12.4. The molecule has 0 radical (unpaired) electrons. The second-order valence-electron chi connectivity index (χ2n) is 7.07. The topological polar surface area (TPSA) is 6.48 Å². The maximum atomic E-state index is 4.32. The van der Waals surface area contributed by atoms with Gasteiger partial charge in [0.15, 0.2) is 0 Å². The van der Waals surface area contributed by atoms with Gasteiger partial charge in [-0.05, 0) is 49.7 Å². The lowest BCUT2D eigenvalue weighted by Crippen LogP contribution is -2.44. The highest BCUT2D eigenvalue weighted by atomic mass is 15.2. The maximum Gasteiger partial charge on any atom is 0.0393 e. The molecule has 0 bridgehead atoms. The molecule has 0 amide bonds. The summed E-state index contributed by atoms with van der Waals surface area (Å²) < 4.78 is 0. The van der Waals surface area contributed by atoms with Crippen LogP contribution in [0.2, 0.25) is 0 Å². The molecule has 0 aromatic carbocycles. The van der Waals surface area contributed by atoms with E-state index in [0.29, 0.717) is 5.92 Å². The van der Waals surface area contributed by atoms with Crippen LogP contribution in [0.25, 0.3) is 0 Å². The Hall–Kier alpha value is -1.02. The lowest BCUT2D eigenvalue weighted by Gasteiger charge is -2.39. The van der Waals surface area contributed by atoms with Crippen LogP contribution in [0.3, 0.4) is 0 Å². The van der Waals surface area contributed by atoms with E-state index in [9.17, 15) is 0 Å². The highest BCUT2D eigenvalue weighted by Crippen LogP contribution is 2.40. The van der Waals surface area contributed by atoms with Crippen molar-refractivity contribution >= 4 is 0 Å². The molecule has 0 aromatic heterocycles. The molecule has 2 nitrogen and oxygen atoms in total. The Labute approximate surface area is 122 Å². The smallest absolute Gasteiger partial charge is 0.0393 e. The summed E-state index contributed by atoms with van der Waals surface area (Å²) in [5, 5.41) is 0. The number of hydrogen-bond acceptors (Lipinski definition) is 2. The molecule has 0 N–H and O–H groups in total. The summed E-state index contributed by atoms with van der Waals surface area (Å²) in [4.78, 5) is 5.37. The SMILES string of the molecule is C=C1CN(C2CCN(CC3CC3)CC2)C2=CC=CCC12. The van der Waals surface area contributed by atoms with E-state index in [-0.39, 0.29) is 0 Å². The van der Waals surface area contributed by atoms with Crippen LogP contribution in [-0.4, -0.2) is 42.0 Å². The van der Waals surface area contributed by atoms with E-state index in [2.05, 4.69) is 34.6 Å². The van der Waals surface area contributed by atoms with Crippen LogP contribution in [0.15, 0.2) is 36.1 Å². The summed E-state index contributed by atoms with van der Waals surface area (Å²) in [5.41, 5.74) is 2.99. The molecule has 4 rings (SSSR count). The predicted molar refractivity (Wildman–Crippen MR) is 83.4 cm³/mol. The molecule has 1 unspecified atom stereocenters. The van der Waals surface area contributed by atoms with Gasteiger partial charge in [0.05, 0.1) is 0 Å². The van der Waals surface area contributed by atoms with Crippen molar-refractivity contribution in [2.75, 3.05) is 26.2 Å². The van der Waals surface area contributed by atoms with E-state index in [4.69, 9.17) is 0 Å². The molecule has 0 spiro atoms. The number of allylic oxidation sites excluding steroid dienone is 4. The highest BCUT2D eigenvalue weighted by Gasteiger charge is 2.36. The third-order valence-corrected chi connectivity index (χ3v) is 5.54. The normalized spacial score (nSPS) is 31.6. The summed E-state index contributed by atoms with van der Waals surface area (Å²) in [6, 6.07) is 0.755. The Kier molecular flexibility index (Phi) is 3.22. The first-order chi connectivity index (χ1) is 9.81. The number of likely N-dealkylation sites (tertiary alicyclic amines) is 2. The molecule has 2 saturated heterocycles. The number of rotatable bonds is 3. The van der Waals surface area contributed by atoms with Crippen molar-refractivity contribution in [2.45, 2.75) is 38.1 Å². The fourth-order valence-corrected chi connectivity index (χ4v) is 4.13. The Morgan fingerprint density at radius 3 is 2.70 bits per heavy atom. The molecule has 2 aliphatic heterocycles. The first-order valence-corrected chi connectivity index (χ1v) is 8.34. The zero-order chi connectivity index (χ0) is 13.5. The van der Waals surface area contributed by atoms with Crippen LogP contribution < -0.4 is 0 Å². The van der Waals surface area contributed by atoms with Gasteiger partial charge in [-0.3, -0.25) is 0 Å². The molecule has 1 atom stereocenters. The molecule has 2 aliphatic carbocycles. The second kappa shape index (κ2) is 5.07. The molecule has 3 fully saturated rings. The summed E-state index contributed by atoms with van der Waals surface area (Å²) in [6.45, 7) is 9.40. The van der Waals surface area contributed by atoms with Crippen molar-refractivity contribution < 1.29 is 0 Å². The molecule has 2 heteroatoms. The van der Waals surface area contributed by atoms with Crippen molar-refractivity contribution in [3.05, 3.63) is 36.1 Å². The van der Waals surface area contributed by atoms with Gasteiger partial charge in [-0.15, -0.1) is 0 Å². The van der Waals surface area contributed by atoms with Crippen LogP contribution in [0.1, 0.15) is 32.1 Å². The van der Waals surface area contributed by atoms with E-state index in [1.807, 2.05) is 0 Å². The van der Waals surface area contributed by atoms with E-state index in [0.717, 1.165) is 18.5 Å². The van der Waals surface area contributed by atoms with E-state index in [1.54, 1.807) is 5.70 Å². The van der Waals surface area contributed by atoms with E-state index in [1.165, 1.54) is 57.3 Å². The third kappa shape index (κ3) is 2.35. The Balaban J connectivity index is 1.39. The Bertz CT molecular complexity index is 450. The van der Waals surface area contributed by atoms with Crippen LogP contribution in [0.4, 0.5) is 0 Å². The van der Waals surface area contributed by atoms with Crippen molar-refractivity contribution in [2.24, 2.45) is 11.8 Å². The first-order valence-electron chi connectivity index (χ1n) is 8.34. The maximum absolute atomic E-state index is 4.32. The van der Waals surface area contributed by atoms with Crippen molar-refractivity contribution in [1.82, 2.24) is 9.80 Å². The van der Waals surface area contributed by atoms with Crippen molar-refractivity contribution in [1.29, 1.82) is 0 Å². The highest BCUT2D eigenvalue weighted by molar-refractivity contribution is 5.34. The van der Waals surface area contributed by atoms with Gasteiger partial charge in [-0.25, -0.2) is 0 Å². The van der Waals surface area contributed by atoms with E-state index >= 15 is 0 Å². The molecule has 2 heterocycles. The van der Waals surface area contributed by atoms with Gasteiger partial charge in [-0.1, -0.05) is 18.7 Å². The summed E-state index contributed by atoms with van der Waals surface area (Å²) in [7, 11) is 0. The second-order valence-corrected chi connectivity index (χ2v) is 7.07. The fraction of sp³-hybridized carbons (Fsp3) is 0.667. The third-order valence-electron chi connectivity index (χ3n) is 5.54. The minimum Gasteiger partial charge on any atom is -0.367 e. The number of fused-ring (bicyclic) bond motifs is 1. The number of nitrogens with zero attached hydrogens (tertiary/aromatic N) is 2. The number of hydrogen-bond donors (Lipinski definition) is 0. The average molecular weight is 270 g/mol. The molecule has 0 aromatic rings. The molecule has 108 valence electrons. The first kappa shape index (κ1) is 12.7. The standard InChI is InChI=1S/C18H26N2/c1-14-12-20(18-5-3-2-4-17(14)18)16-8-10-19(11-9-16)13-15-6-7-15/h2-3,5,15-17H,1,4,6-13H2. The van der Waals surface area contributed by atoms with E-state index < -0.39 is 0 Å². The van der Waals surface area contributed by atoms with Crippen LogP contribution >= 0.6 is 0 Å². The van der Waals surface area contributed by atoms with Crippen LogP contribution in [0, 0.1) is 11.8 Å². The zero-order valence-corrected chi connectivity index (χ0v) is 12.4. The van der Waals surface area contributed by atoms with Gasteiger partial charge < -0.3 is 9.80 Å².